The normalized spacial score (nSPS) is 10.8. The molecule has 0 amide bonds. The topological polar surface area (TPSA) is 38.1 Å². The molecule has 4 nitrogen and oxygen atoms in total. The van der Waals surface area contributed by atoms with Gasteiger partial charge < -0.3 is 9.47 Å². The van der Waals surface area contributed by atoms with Crippen molar-refractivity contribution < 1.29 is 4.79 Å². The summed E-state index contributed by atoms with van der Waals surface area (Å²) in [5.74, 6) is 0.830. The van der Waals surface area contributed by atoms with Crippen LogP contribution >= 0.6 is 0 Å². The van der Waals surface area contributed by atoms with Crippen LogP contribution in [0.1, 0.15) is 22.7 Å². The Hall–Kier alpha value is -1.84. The van der Waals surface area contributed by atoms with E-state index in [9.17, 15) is 4.79 Å². The van der Waals surface area contributed by atoms with Crippen molar-refractivity contribution in [2.75, 3.05) is 14.1 Å². The van der Waals surface area contributed by atoms with Gasteiger partial charge in [0.25, 0.3) is 0 Å². The van der Waals surface area contributed by atoms with Crippen LogP contribution in [0.4, 0.5) is 0 Å². The summed E-state index contributed by atoms with van der Waals surface area (Å²) < 4.78 is 1.92. The fourth-order valence-electron chi connectivity index (χ4n) is 1.47. The van der Waals surface area contributed by atoms with Crippen LogP contribution in [0.3, 0.4) is 0 Å². The number of allylic oxidation sites excluding steroid dienone is 2. The Labute approximate surface area is 102 Å². The average Bonchev–Trinajstić information content (AvgIpc) is 2.65. The molecule has 0 aliphatic rings. The van der Waals surface area contributed by atoms with Crippen molar-refractivity contribution in [1.29, 1.82) is 0 Å². The molecule has 0 radical (unpaired) electrons. The summed E-state index contributed by atoms with van der Waals surface area (Å²) in [4.78, 5) is 18.0. The van der Waals surface area contributed by atoms with E-state index in [1.54, 1.807) is 18.5 Å². The Morgan fingerprint density at radius 2 is 2.29 bits per heavy atom. The summed E-state index contributed by atoms with van der Waals surface area (Å²) in [5, 5.41) is 0. The van der Waals surface area contributed by atoms with Crippen LogP contribution in [-0.2, 0) is 6.54 Å². The van der Waals surface area contributed by atoms with Gasteiger partial charge in [0.2, 0.25) is 5.78 Å². The van der Waals surface area contributed by atoms with E-state index >= 15 is 0 Å². The molecule has 0 saturated carbocycles. The number of nitrogens with zero attached hydrogens (tertiary/aromatic N) is 3. The second kappa shape index (κ2) is 6.03. The van der Waals surface area contributed by atoms with Gasteiger partial charge in [-0.1, -0.05) is 6.08 Å². The largest absolute Gasteiger partial charge is 0.383 e. The Morgan fingerprint density at radius 3 is 2.88 bits per heavy atom. The highest BCUT2D eigenvalue weighted by molar-refractivity contribution is 6.03. The molecule has 1 heterocycles. The number of ketones is 1. The van der Waals surface area contributed by atoms with E-state index in [0.29, 0.717) is 5.69 Å². The highest BCUT2D eigenvalue weighted by atomic mass is 16.1. The third-order valence-corrected chi connectivity index (χ3v) is 2.39. The fraction of sp³-hybridized carbons (Fsp3) is 0.385. The van der Waals surface area contributed by atoms with Crippen LogP contribution in [0.2, 0.25) is 0 Å². The predicted molar refractivity (Wildman–Crippen MR) is 68.9 cm³/mol. The van der Waals surface area contributed by atoms with E-state index in [1.165, 1.54) is 0 Å². The number of carbonyl (C=O) groups is 1. The zero-order valence-electron chi connectivity index (χ0n) is 10.7. The minimum absolute atomic E-state index is 0.0247. The smallest absolute Gasteiger partial charge is 0.205 e. The summed E-state index contributed by atoms with van der Waals surface area (Å²) in [6.07, 6.45) is 7.59. The summed E-state index contributed by atoms with van der Waals surface area (Å²) >= 11 is 0. The molecule has 92 valence electrons. The SMILES string of the molecule is C=CCCn1c(C(=O)C=CN(C)C)cnc1C. The second-order valence-corrected chi connectivity index (χ2v) is 4.06. The van der Waals surface area contributed by atoms with Crippen LogP contribution in [0.15, 0.2) is 31.1 Å². The van der Waals surface area contributed by atoms with Gasteiger partial charge >= 0.3 is 0 Å². The molecule has 0 aliphatic carbocycles. The number of imidazole rings is 1. The van der Waals surface area contributed by atoms with E-state index in [2.05, 4.69) is 11.6 Å². The van der Waals surface area contributed by atoms with Gasteiger partial charge in [0, 0.05) is 32.9 Å². The average molecular weight is 233 g/mol. The Morgan fingerprint density at radius 1 is 1.59 bits per heavy atom. The lowest BCUT2D eigenvalue weighted by Crippen LogP contribution is -2.10. The van der Waals surface area contributed by atoms with Gasteiger partial charge in [-0.05, 0) is 13.3 Å². The Balaban J connectivity index is 2.89. The highest BCUT2D eigenvalue weighted by Crippen LogP contribution is 2.08. The maximum Gasteiger partial charge on any atom is 0.205 e. The van der Waals surface area contributed by atoms with E-state index < -0.39 is 0 Å². The number of rotatable bonds is 6. The Bertz CT molecular complexity index is 430. The number of hydrogen-bond donors (Lipinski definition) is 0. The van der Waals surface area contributed by atoms with E-state index in [-0.39, 0.29) is 5.78 Å². The van der Waals surface area contributed by atoms with E-state index in [1.807, 2.05) is 36.6 Å². The summed E-state index contributed by atoms with van der Waals surface area (Å²) in [6, 6.07) is 0. The third kappa shape index (κ3) is 3.59. The van der Waals surface area contributed by atoms with Crippen LogP contribution in [0.25, 0.3) is 0 Å². The van der Waals surface area contributed by atoms with Crippen LogP contribution < -0.4 is 0 Å². The molecular weight excluding hydrogens is 214 g/mol. The minimum Gasteiger partial charge on any atom is -0.383 e. The fourth-order valence-corrected chi connectivity index (χ4v) is 1.47. The molecule has 0 unspecified atom stereocenters. The predicted octanol–water partition coefficient (Wildman–Crippen LogP) is 2.03. The van der Waals surface area contributed by atoms with Gasteiger partial charge in [-0.15, -0.1) is 6.58 Å². The summed E-state index contributed by atoms with van der Waals surface area (Å²) in [5.41, 5.74) is 0.627. The van der Waals surface area contributed by atoms with Crippen LogP contribution in [0, 0.1) is 6.92 Å². The second-order valence-electron chi connectivity index (χ2n) is 4.06. The first-order chi connectivity index (χ1) is 8.06. The van der Waals surface area contributed by atoms with Gasteiger partial charge in [-0.2, -0.15) is 0 Å². The molecule has 0 N–H and O–H groups in total. The maximum absolute atomic E-state index is 11.9. The number of hydrogen-bond acceptors (Lipinski definition) is 3. The van der Waals surface area contributed by atoms with Gasteiger partial charge in [-0.25, -0.2) is 4.98 Å². The lowest BCUT2D eigenvalue weighted by atomic mass is 10.3. The summed E-state index contributed by atoms with van der Waals surface area (Å²) in [6.45, 7) is 6.33. The standard InChI is InChI=1S/C13H19N3O/c1-5-6-8-16-11(2)14-10-12(16)13(17)7-9-15(3)4/h5,7,9-10H,1,6,8H2,2-4H3. The Kier molecular flexibility index (Phi) is 4.69. The molecule has 0 saturated heterocycles. The van der Waals surface area contributed by atoms with Crippen molar-refractivity contribution in [3.05, 3.63) is 42.6 Å². The van der Waals surface area contributed by atoms with Crippen molar-refractivity contribution in [2.45, 2.75) is 19.9 Å². The van der Waals surface area contributed by atoms with Gasteiger partial charge in [-0.3, -0.25) is 4.79 Å². The quantitative estimate of drug-likeness (QED) is 0.428. The molecule has 0 fully saturated rings. The molecule has 1 aromatic rings. The zero-order chi connectivity index (χ0) is 12.8. The molecule has 0 atom stereocenters. The molecule has 1 rings (SSSR count). The molecule has 0 aliphatic heterocycles. The van der Waals surface area contributed by atoms with Crippen LogP contribution in [-0.4, -0.2) is 34.3 Å². The van der Waals surface area contributed by atoms with Crippen LogP contribution in [0.5, 0.6) is 0 Å². The first-order valence-electron chi connectivity index (χ1n) is 5.58. The molecule has 17 heavy (non-hydrogen) atoms. The number of aryl methyl sites for hydroxylation is 1. The highest BCUT2D eigenvalue weighted by Gasteiger charge is 2.11. The lowest BCUT2D eigenvalue weighted by molar-refractivity contribution is 0.103. The van der Waals surface area contributed by atoms with Crippen molar-refractivity contribution >= 4 is 5.78 Å². The van der Waals surface area contributed by atoms with Crippen molar-refractivity contribution in [3.63, 3.8) is 0 Å². The van der Waals surface area contributed by atoms with Crippen molar-refractivity contribution in [1.82, 2.24) is 14.5 Å². The van der Waals surface area contributed by atoms with Crippen molar-refractivity contribution in [3.8, 4) is 0 Å². The monoisotopic (exact) mass is 233 g/mol. The molecule has 0 bridgehead atoms. The van der Waals surface area contributed by atoms with E-state index in [0.717, 1.165) is 18.8 Å². The lowest BCUT2D eigenvalue weighted by Gasteiger charge is -2.07. The molecule has 0 aromatic carbocycles. The number of aromatic nitrogens is 2. The first-order valence-corrected chi connectivity index (χ1v) is 5.58. The first kappa shape index (κ1) is 13.2. The van der Waals surface area contributed by atoms with E-state index in [4.69, 9.17) is 0 Å². The van der Waals surface area contributed by atoms with Gasteiger partial charge in [0.1, 0.15) is 11.5 Å². The zero-order valence-corrected chi connectivity index (χ0v) is 10.7. The molecule has 4 heteroatoms. The molecular formula is C13H19N3O. The minimum atomic E-state index is -0.0247. The van der Waals surface area contributed by atoms with Gasteiger partial charge in [0.15, 0.2) is 0 Å². The molecule has 0 spiro atoms. The maximum atomic E-state index is 11.9. The summed E-state index contributed by atoms with van der Waals surface area (Å²) in [7, 11) is 3.76. The number of carbonyl (C=O) groups excluding carboxylic acids is 1. The third-order valence-electron chi connectivity index (χ3n) is 2.39. The molecule has 1 aromatic heterocycles. The van der Waals surface area contributed by atoms with Crippen molar-refractivity contribution in [2.24, 2.45) is 0 Å². The van der Waals surface area contributed by atoms with Gasteiger partial charge in [0.05, 0.1) is 6.20 Å².